The molecule has 122 valence electrons. The maximum absolute atomic E-state index is 13.0. The molecular weight excluding hydrogens is 317 g/mol. The van der Waals surface area contributed by atoms with Crippen LogP contribution in [0.5, 0.6) is 0 Å². The van der Waals surface area contributed by atoms with Gasteiger partial charge in [-0.15, -0.1) is 11.3 Å². The number of carboxylic acids is 1. The number of aliphatic carboxylic acids is 1. The van der Waals surface area contributed by atoms with Crippen LogP contribution < -0.4 is 0 Å². The summed E-state index contributed by atoms with van der Waals surface area (Å²) in [6, 6.07) is 9.55. The third-order valence-corrected chi connectivity index (χ3v) is 4.52. The first-order valence-electron chi connectivity index (χ1n) is 7.27. The van der Waals surface area contributed by atoms with Crippen LogP contribution in [-0.4, -0.2) is 34.5 Å². The highest BCUT2D eigenvalue weighted by atomic mass is 32.1. The average molecular weight is 335 g/mol. The highest BCUT2D eigenvalue weighted by Crippen LogP contribution is 2.29. The van der Waals surface area contributed by atoms with Gasteiger partial charge in [-0.05, 0) is 43.7 Å². The lowest BCUT2D eigenvalue weighted by Gasteiger charge is -2.25. The van der Waals surface area contributed by atoms with E-state index in [-0.39, 0.29) is 30.7 Å². The lowest BCUT2D eigenvalue weighted by molar-refractivity contribution is -0.137. The Morgan fingerprint density at radius 1 is 1.17 bits per heavy atom. The van der Waals surface area contributed by atoms with Gasteiger partial charge in [0.25, 0.3) is 5.91 Å². The van der Waals surface area contributed by atoms with Gasteiger partial charge in [0.05, 0.1) is 11.3 Å². The molecule has 0 spiro atoms. The first-order chi connectivity index (χ1) is 10.9. The lowest BCUT2D eigenvalue weighted by Crippen LogP contribution is -2.38. The van der Waals surface area contributed by atoms with E-state index in [0.29, 0.717) is 4.88 Å². The van der Waals surface area contributed by atoms with Crippen LogP contribution in [0.4, 0.5) is 4.39 Å². The number of amides is 1. The molecule has 0 radical (unpaired) electrons. The Balaban J connectivity index is 2.18. The molecule has 0 fully saturated rings. The van der Waals surface area contributed by atoms with Crippen molar-refractivity contribution in [3.63, 3.8) is 0 Å². The number of carboxylic acid groups (broad SMARTS) is 1. The number of carbonyl (C=O) groups excluding carboxylic acids is 1. The zero-order chi connectivity index (χ0) is 17.0. The second kappa shape index (κ2) is 7.37. The molecule has 23 heavy (non-hydrogen) atoms. The minimum Gasteiger partial charge on any atom is -0.481 e. The molecule has 0 atom stereocenters. The number of carbonyl (C=O) groups is 2. The summed E-state index contributed by atoms with van der Waals surface area (Å²) in [7, 11) is 0. The molecule has 1 aromatic carbocycles. The molecule has 0 aliphatic heterocycles. The fourth-order valence-electron chi connectivity index (χ4n) is 2.17. The van der Waals surface area contributed by atoms with Crippen LogP contribution in [0.3, 0.4) is 0 Å². The van der Waals surface area contributed by atoms with Gasteiger partial charge in [0.15, 0.2) is 0 Å². The Kier molecular flexibility index (Phi) is 5.50. The maximum Gasteiger partial charge on any atom is 0.305 e. The third kappa shape index (κ3) is 4.39. The zero-order valence-electron chi connectivity index (χ0n) is 13.0. The van der Waals surface area contributed by atoms with Crippen LogP contribution in [0, 0.1) is 5.82 Å². The molecule has 2 aromatic rings. The fourth-order valence-corrected chi connectivity index (χ4v) is 3.14. The van der Waals surface area contributed by atoms with Gasteiger partial charge in [0.1, 0.15) is 5.82 Å². The predicted molar refractivity (Wildman–Crippen MR) is 88.1 cm³/mol. The van der Waals surface area contributed by atoms with Crippen molar-refractivity contribution in [3.05, 3.63) is 47.1 Å². The van der Waals surface area contributed by atoms with Gasteiger partial charge in [-0.2, -0.15) is 0 Å². The van der Waals surface area contributed by atoms with E-state index in [1.54, 1.807) is 23.1 Å². The van der Waals surface area contributed by atoms with Crippen molar-refractivity contribution < 1.29 is 19.1 Å². The first kappa shape index (κ1) is 17.1. The molecule has 0 saturated heterocycles. The second-order valence-electron chi connectivity index (χ2n) is 5.41. The van der Waals surface area contributed by atoms with Crippen LogP contribution in [0.25, 0.3) is 10.4 Å². The summed E-state index contributed by atoms with van der Waals surface area (Å²) in [5.41, 5.74) is 0.845. The van der Waals surface area contributed by atoms with Crippen molar-refractivity contribution in [2.75, 3.05) is 6.54 Å². The minimum absolute atomic E-state index is 0.0832. The standard InChI is InChI=1S/C17H18FNO3S/c1-11(2)19(10-9-16(20)21)17(22)15-8-7-14(23-15)12-3-5-13(18)6-4-12/h3-8,11H,9-10H2,1-2H3,(H,20,21). The van der Waals surface area contributed by atoms with E-state index in [2.05, 4.69) is 0 Å². The fraction of sp³-hybridized carbons (Fsp3) is 0.294. The number of nitrogens with zero attached hydrogens (tertiary/aromatic N) is 1. The van der Waals surface area contributed by atoms with Crippen molar-refractivity contribution in [2.45, 2.75) is 26.3 Å². The molecule has 0 saturated carbocycles. The van der Waals surface area contributed by atoms with E-state index >= 15 is 0 Å². The molecule has 1 N–H and O–H groups in total. The van der Waals surface area contributed by atoms with Gasteiger partial charge in [-0.1, -0.05) is 12.1 Å². The van der Waals surface area contributed by atoms with E-state index in [0.717, 1.165) is 10.4 Å². The van der Waals surface area contributed by atoms with E-state index < -0.39 is 5.97 Å². The Hall–Kier alpha value is -2.21. The SMILES string of the molecule is CC(C)N(CCC(=O)O)C(=O)c1ccc(-c2ccc(F)cc2)s1. The molecule has 0 bridgehead atoms. The lowest BCUT2D eigenvalue weighted by atomic mass is 10.2. The summed E-state index contributed by atoms with van der Waals surface area (Å²) >= 11 is 1.32. The summed E-state index contributed by atoms with van der Waals surface area (Å²) in [5.74, 6) is -1.41. The summed E-state index contributed by atoms with van der Waals surface area (Å²) in [5, 5.41) is 8.81. The summed E-state index contributed by atoms with van der Waals surface area (Å²) < 4.78 is 13.0. The van der Waals surface area contributed by atoms with E-state index in [1.807, 2.05) is 19.9 Å². The largest absolute Gasteiger partial charge is 0.481 e. The van der Waals surface area contributed by atoms with Gasteiger partial charge < -0.3 is 10.0 Å². The van der Waals surface area contributed by atoms with Crippen LogP contribution in [0.2, 0.25) is 0 Å². The predicted octanol–water partition coefficient (Wildman–Crippen LogP) is 3.88. The van der Waals surface area contributed by atoms with Gasteiger partial charge in [-0.3, -0.25) is 9.59 Å². The monoisotopic (exact) mass is 335 g/mol. The maximum atomic E-state index is 13.0. The quantitative estimate of drug-likeness (QED) is 0.871. The Bertz CT molecular complexity index is 694. The van der Waals surface area contributed by atoms with Gasteiger partial charge in [0, 0.05) is 17.5 Å². The third-order valence-electron chi connectivity index (χ3n) is 3.40. The molecule has 2 rings (SSSR count). The number of hydrogen-bond donors (Lipinski definition) is 1. The Labute approximate surface area is 138 Å². The number of benzene rings is 1. The molecule has 1 amide bonds. The molecule has 1 aromatic heterocycles. The molecule has 4 nitrogen and oxygen atoms in total. The topological polar surface area (TPSA) is 57.6 Å². The van der Waals surface area contributed by atoms with E-state index in [1.165, 1.54) is 23.5 Å². The van der Waals surface area contributed by atoms with Crippen molar-refractivity contribution in [3.8, 4) is 10.4 Å². The highest BCUT2D eigenvalue weighted by Gasteiger charge is 2.21. The van der Waals surface area contributed by atoms with Crippen LogP contribution >= 0.6 is 11.3 Å². The Morgan fingerprint density at radius 2 is 1.83 bits per heavy atom. The second-order valence-corrected chi connectivity index (χ2v) is 6.49. The van der Waals surface area contributed by atoms with Crippen LogP contribution in [0.1, 0.15) is 29.9 Å². The molecule has 0 aliphatic carbocycles. The van der Waals surface area contributed by atoms with E-state index in [9.17, 15) is 14.0 Å². The molecule has 1 heterocycles. The molecule has 0 unspecified atom stereocenters. The minimum atomic E-state index is -0.929. The zero-order valence-corrected chi connectivity index (χ0v) is 13.8. The normalized spacial score (nSPS) is 10.8. The van der Waals surface area contributed by atoms with E-state index in [4.69, 9.17) is 5.11 Å². The average Bonchev–Trinajstić information content (AvgIpc) is 2.97. The summed E-state index contributed by atoms with van der Waals surface area (Å²) in [6.07, 6.45) is -0.0832. The first-order valence-corrected chi connectivity index (χ1v) is 8.08. The van der Waals surface area contributed by atoms with Crippen molar-refractivity contribution in [2.24, 2.45) is 0 Å². The Morgan fingerprint density at radius 3 is 2.39 bits per heavy atom. The number of hydrogen-bond acceptors (Lipinski definition) is 3. The van der Waals surface area contributed by atoms with Crippen molar-refractivity contribution >= 4 is 23.2 Å². The van der Waals surface area contributed by atoms with Gasteiger partial charge in [0.2, 0.25) is 0 Å². The molecule has 6 heteroatoms. The van der Waals surface area contributed by atoms with Crippen molar-refractivity contribution in [1.82, 2.24) is 4.90 Å². The molecule has 0 aliphatic rings. The smallest absolute Gasteiger partial charge is 0.305 e. The van der Waals surface area contributed by atoms with Gasteiger partial charge in [-0.25, -0.2) is 4.39 Å². The van der Waals surface area contributed by atoms with Crippen LogP contribution in [0.15, 0.2) is 36.4 Å². The molecular formula is C17H18FNO3S. The van der Waals surface area contributed by atoms with Gasteiger partial charge >= 0.3 is 5.97 Å². The van der Waals surface area contributed by atoms with Crippen molar-refractivity contribution in [1.29, 1.82) is 0 Å². The summed E-state index contributed by atoms with van der Waals surface area (Å²) in [6.45, 7) is 3.89. The number of halogens is 1. The number of thiophene rings is 1. The number of rotatable bonds is 6. The van der Waals surface area contributed by atoms with Crippen LogP contribution in [-0.2, 0) is 4.79 Å². The summed E-state index contributed by atoms with van der Waals surface area (Å²) in [4.78, 5) is 26.3. The highest BCUT2D eigenvalue weighted by molar-refractivity contribution is 7.17.